The van der Waals surface area contributed by atoms with Crippen LogP contribution >= 0.6 is 24.0 Å². The van der Waals surface area contributed by atoms with Crippen molar-refractivity contribution in [1.29, 1.82) is 0 Å². The quantitative estimate of drug-likeness (QED) is 0.266. The normalized spacial score (nSPS) is 15.8. The lowest BCUT2D eigenvalue weighted by atomic mass is 9.99. The highest BCUT2D eigenvalue weighted by Gasteiger charge is 2.24. The summed E-state index contributed by atoms with van der Waals surface area (Å²) >= 11 is 0. The molecule has 0 saturated carbocycles. The number of aliphatic imine (C=N–C) groups is 1. The fraction of sp³-hybridized carbons (Fsp3) is 0.280. The number of furan rings is 1. The first-order chi connectivity index (χ1) is 15.2. The Morgan fingerprint density at radius 2 is 1.84 bits per heavy atom. The third-order valence-corrected chi connectivity index (χ3v) is 5.57. The number of benzene rings is 2. The van der Waals surface area contributed by atoms with Gasteiger partial charge in [0.05, 0.1) is 6.26 Å². The Labute approximate surface area is 206 Å². The van der Waals surface area contributed by atoms with Crippen LogP contribution < -0.4 is 10.6 Å². The van der Waals surface area contributed by atoms with Gasteiger partial charge in [-0.3, -0.25) is 9.79 Å². The summed E-state index contributed by atoms with van der Waals surface area (Å²) in [5.41, 5.74) is 3.26. The van der Waals surface area contributed by atoms with E-state index >= 15 is 0 Å². The van der Waals surface area contributed by atoms with Crippen LogP contribution in [0.15, 0.2) is 82.4 Å². The Morgan fingerprint density at radius 3 is 2.53 bits per heavy atom. The van der Waals surface area contributed by atoms with Crippen molar-refractivity contribution < 1.29 is 9.21 Å². The predicted octanol–water partition coefficient (Wildman–Crippen LogP) is 4.79. The molecule has 7 heteroatoms. The summed E-state index contributed by atoms with van der Waals surface area (Å²) in [5, 5.41) is 6.30. The van der Waals surface area contributed by atoms with Gasteiger partial charge in [-0.2, -0.15) is 0 Å². The van der Waals surface area contributed by atoms with Crippen LogP contribution in [-0.2, 0) is 13.0 Å². The second-order valence-electron chi connectivity index (χ2n) is 7.82. The van der Waals surface area contributed by atoms with E-state index in [0.29, 0.717) is 18.2 Å². The van der Waals surface area contributed by atoms with Crippen LogP contribution in [0.4, 0.5) is 5.69 Å². The number of halogens is 1. The monoisotopic (exact) mass is 544 g/mol. The summed E-state index contributed by atoms with van der Waals surface area (Å²) in [4.78, 5) is 18.9. The minimum absolute atomic E-state index is 0. The van der Waals surface area contributed by atoms with Crippen molar-refractivity contribution in [2.45, 2.75) is 19.4 Å². The third-order valence-electron chi connectivity index (χ3n) is 5.57. The van der Waals surface area contributed by atoms with E-state index in [0.717, 1.165) is 36.7 Å². The smallest absolute Gasteiger partial charge is 0.291 e. The van der Waals surface area contributed by atoms with Gasteiger partial charge in [0.15, 0.2) is 11.7 Å². The number of nitrogens with one attached hydrogen (secondary N) is 2. The Kier molecular flexibility index (Phi) is 8.72. The van der Waals surface area contributed by atoms with E-state index in [1.165, 1.54) is 18.2 Å². The molecule has 1 aliphatic rings. The van der Waals surface area contributed by atoms with E-state index in [-0.39, 0.29) is 29.9 Å². The summed E-state index contributed by atoms with van der Waals surface area (Å²) in [7, 11) is 1.83. The Hall–Kier alpha value is -2.81. The molecule has 1 unspecified atom stereocenters. The molecule has 32 heavy (non-hydrogen) atoms. The summed E-state index contributed by atoms with van der Waals surface area (Å²) < 4.78 is 5.12. The van der Waals surface area contributed by atoms with Crippen LogP contribution in [0.2, 0.25) is 0 Å². The average Bonchev–Trinajstić information content (AvgIpc) is 3.49. The maximum Gasteiger partial charge on any atom is 0.291 e. The molecule has 2 aromatic carbocycles. The number of hydrogen-bond acceptors (Lipinski definition) is 3. The number of nitrogens with zero attached hydrogens (tertiary/aromatic N) is 2. The SMILES string of the molecule is CN=C(NCc1ccc(NC(=O)c2ccco2)cc1)N1CCC(Cc2ccccc2)C1.I. The first-order valence-corrected chi connectivity index (χ1v) is 10.6. The summed E-state index contributed by atoms with van der Waals surface area (Å²) in [6, 6.07) is 21.8. The first kappa shape index (κ1) is 23.8. The molecule has 0 bridgehead atoms. The first-order valence-electron chi connectivity index (χ1n) is 10.6. The van der Waals surface area contributed by atoms with Crippen molar-refractivity contribution >= 4 is 41.5 Å². The highest BCUT2D eigenvalue weighted by atomic mass is 127. The molecule has 168 valence electrons. The molecule has 0 radical (unpaired) electrons. The van der Waals surface area contributed by atoms with Gasteiger partial charge in [-0.1, -0.05) is 42.5 Å². The van der Waals surface area contributed by atoms with Crippen molar-refractivity contribution in [2.24, 2.45) is 10.9 Å². The molecule has 1 aromatic heterocycles. The van der Waals surface area contributed by atoms with Crippen LogP contribution in [-0.4, -0.2) is 36.9 Å². The topological polar surface area (TPSA) is 69.9 Å². The molecule has 6 nitrogen and oxygen atoms in total. The van der Waals surface area contributed by atoms with Crippen LogP contribution in [0, 0.1) is 5.92 Å². The summed E-state index contributed by atoms with van der Waals surface area (Å²) in [6.45, 7) is 2.72. The second-order valence-corrected chi connectivity index (χ2v) is 7.82. The van der Waals surface area contributed by atoms with Gasteiger partial charge in [0.1, 0.15) is 0 Å². The number of amides is 1. The lowest BCUT2D eigenvalue weighted by Gasteiger charge is -2.22. The lowest BCUT2D eigenvalue weighted by Crippen LogP contribution is -2.39. The van der Waals surface area contributed by atoms with Gasteiger partial charge in [-0.25, -0.2) is 0 Å². The van der Waals surface area contributed by atoms with E-state index in [2.05, 4.69) is 50.9 Å². The highest BCUT2D eigenvalue weighted by molar-refractivity contribution is 14.0. The molecule has 2 heterocycles. The van der Waals surface area contributed by atoms with E-state index in [1.807, 2.05) is 31.3 Å². The van der Waals surface area contributed by atoms with Gasteiger partial charge in [0.2, 0.25) is 0 Å². The number of rotatable bonds is 6. The van der Waals surface area contributed by atoms with E-state index in [4.69, 9.17) is 4.42 Å². The zero-order valence-electron chi connectivity index (χ0n) is 18.2. The van der Waals surface area contributed by atoms with Gasteiger partial charge in [0, 0.05) is 32.4 Å². The van der Waals surface area contributed by atoms with Crippen LogP contribution in [0.25, 0.3) is 0 Å². The highest BCUT2D eigenvalue weighted by Crippen LogP contribution is 2.21. The molecule has 4 rings (SSSR count). The van der Waals surface area contributed by atoms with Crippen molar-refractivity contribution in [3.63, 3.8) is 0 Å². The minimum Gasteiger partial charge on any atom is -0.459 e. The van der Waals surface area contributed by atoms with Gasteiger partial charge >= 0.3 is 0 Å². The van der Waals surface area contributed by atoms with E-state index in [1.54, 1.807) is 12.1 Å². The molecule has 1 amide bonds. The number of anilines is 1. The zero-order valence-corrected chi connectivity index (χ0v) is 20.5. The molecule has 0 spiro atoms. The molecule has 3 aromatic rings. The van der Waals surface area contributed by atoms with Gasteiger partial charge in [0.25, 0.3) is 5.91 Å². The molecule has 2 N–H and O–H groups in total. The minimum atomic E-state index is -0.254. The fourth-order valence-electron chi connectivity index (χ4n) is 3.96. The molecular formula is C25H29IN4O2. The molecular weight excluding hydrogens is 515 g/mol. The number of guanidine groups is 1. The lowest BCUT2D eigenvalue weighted by molar-refractivity contribution is 0.0996. The zero-order chi connectivity index (χ0) is 21.5. The molecule has 0 aliphatic carbocycles. The summed E-state index contributed by atoms with van der Waals surface area (Å²) in [5.74, 6) is 1.63. The maximum absolute atomic E-state index is 12.1. The Bertz CT molecular complexity index is 1000. The third kappa shape index (κ3) is 6.35. The summed E-state index contributed by atoms with van der Waals surface area (Å²) in [6.07, 6.45) is 3.78. The van der Waals surface area contributed by atoms with Crippen molar-refractivity contribution in [2.75, 3.05) is 25.5 Å². The Balaban J connectivity index is 0.00000289. The van der Waals surface area contributed by atoms with Crippen molar-refractivity contribution in [3.05, 3.63) is 89.9 Å². The predicted molar refractivity (Wildman–Crippen MR) is 139 cm³/mol. The molecule has 1 atom stereocenters. The maximum atomic E-state index is 12.1. The van der Waals surface area contributed by atoms with Gasteiger partial charge in [-0.15, -0.1) is 24.0 Å². The van der Waals surface area contributed by atoms with Gasteiger partial charge < -0.3 is 20.0 Å². The standard InChI is InChI=1S/C25H28N4O2.HI/c1-26-25(29-14-13-21(18-29)16-19-6-3-2-4-7-19)27-17-20-9-11-22(12-10-20)28-24(30)23-8-5-15-31-23;/h2-12,15,21H,13-14,16-18H2,1H3,(H,26,27)(H,28,30);1H. The number of likely N-dealkylation sites (tertiary alicyclic amines) is 1. The van der Waals surface area contributed by atoms with Crippen LogP contribution in [0.5, 0.6) is 0 Å². The van der Waals surface area contributed by atoms with Gasteiger partial charge in [-0.05, 0) is 54.2 Å². The average molecular weight is 544 g/mol. The number of carbonyl (C=O) groups excluding carboxylic acids is 1. The second kappa shape index (κ2) is 11.7. The molecule has 1 fully saturated rings. The van der Waals surface area contributed by atoms with Crippen LogP contribution in [0.1, 0.15) is 28.1 Å². The van der Waals surface area contributed by atoms with Crippen molar-refractivity contribution in [3.8, 4) is 0 Å². The Morgan fingerprint density at radius 1 is 1.06 bits per heavy atom. The van der Waals surface area contributed by atoms with Crippen LogP contribution in [0.3, 0.4) is 0 Å². The van der Waals surface area contributed by atoms with E-state index < -0.39 is 0 Å². The fourth-order valence-corrected chi connectivity index (χ4v) is 3.96. The number of hydrogen-bond donors (Lipinski definition) is 2. The van der Waals surface area contributed by atoms with Crippen molar-refractivity contribution in [1.82, 2.24) is 10.2 Å². The molecule has 1 saturated heterocycles. The molecule has 1 aliphatic heterocycles. The van der Waals surface area contributed by atoms with E-state index in [9.17, 15) is 4.79 Å². The largest absolute Gasteiger partial charge is 0.459 e. The number of carbonyl (C=O) groups is 1.